The number of hydrogen-bond donors (Lipinski definition) is 0. The minimum Gasteiger partial charge on any atom is -0.480 e. The highest BCUT2D eigenvalue weighted by Gasteiger charge is 2.28. The lowest BCUT2D eigenvalue weighted by Crippen LogP contribution is -2.37. The van der Waals surface area contributed by atoms with E-state index in [1.54, 1.807) is 19.2 Å². The van der Waals surface area contributed by atoms with Gasteiger partial charge in [-0.1, -0.05) is 17.7 Å². The van der Waals surface area contributed by atoms with Gasteiger partial charge in [-0.2, -0.15) is 9.98 Å². The first kappa shape index (κ1) is 19.9. The van der Waals surface area contributed by atoms with E-state index in [1.807, 2.05) is 6.07 Å². The van der Waals surface area contributed by atoms with Crippen LogP contribution in [0.3, 0.4) is 0 Å². The summed E-state index contributed by atoms with van der Waals surface area (Å²) in [5, 5.41) is 2.75. The zero-order chi connectivity index (χ0) is 20.3. The molecule has 1 aromatic heterocycles. The van der Waals surface area contributed by atoms with Crippen molar-refractivity contribution < 1.29 is 14.3 Å². The second kappa shape index (κ2) is 8.43. The summed E-state index contributed by atoms with van der Waals surface area (Å²) in [5.41, 5.74) is 2.44. The van der Waals surface area contributed by atoms with Gasteiger partial charge in [-0.15, -0.1) is 0 Å². The van der Waals surface area contributed by atoms with Gasteiger partial charge in [0.15, 0.2) is 0 Å². The van der Waals surface area contributed by atoms with E-state index in [4.69, 9.17) is 33.3 Å². The Morgan fingerprint density at radius 3 is 2.79 bits per heavy atom. The lowest BCUT2D eigenvalue weighted by molar-refractivity contribution is -0.131. The standard InChI is InChI=1S/C18H16ClN5O3S/c1-24-8-10-4-5-11(19)6-12(10)14(22-15(17(24)25)21-9-28)13-7-20-18(27-3)23-16(13)26-2/h4-7,15H,8H2,1-3H3/b22-14+. The van der Waals surface area contributed by atoms with Crippen molar-refractivity contribution in [3.63, 3.8) is 0 Å². The molecule has 0 saturated carbocycles. The number of rotatable bonds is 4. The molecular weight excluding hydrogens is 402 g/mol. The lowest BCUT2D eigenvalue weighted by Gasteiger charge is -2.25. The summed E-state index contributed by atoms with van der Waals surface area (Å²) in [6.45, 7) is 0.340. The number of benzene rings is 1. The smallest absolute Gasteiger partial charge is 0.319 e. The Morgan fingerprint density at radius 1 is 1.32 bits per heavy atom. The van der Waals surface area contributed by atoms with E-state index in [0.29, 0.717) is 28.4 Å². The van der Waals surface area contributed by atoms with Gasteiger partial charge in [0.1, 0.15) is 0 Å². The van der Waals surface area contributed by atoms with E-state index in [-0.39, 0.29) is 17.8 Å². The van der Waals surface area contributed by atoms with Gasteiger partial charge in [-0.05, 0) is 29.9 Å². The monoisotopic (exact) mass is 417 g/mol. The van der Waals surface area contributed by atoms with Crippen molar-refractivity contribution in [1.29, 1.82) is 0 Å². The number of carbonyl (C=O) groups is 1. The molecule has 0 saturated heterocycles. The summed E-state index contributed by atoms with van der Waals surface area (Å²) in [5.74, 6) is -0.0770. The predicted octanol–water partition coefficient (Wildman–Crippen LogP) is 2.39. The van der Waals surface area contributed by atoms with Crippen molar-refractivity contribution in [3.05, 3.63) is 46.1 Å². The fourth-order valence-corrected chi connectivity index (χ4v) is 3.07. The van der Waals surface area contributed by atoms with Crippen molar-refractivity contribution in [2.24, 2.45) is 9.98 Å². The highest BCUT2D eigenvalue weighted by atomic mass is 35.5. The van der Waals surface area contributed by atoms with Crippen LogP contribution in [0.15, 0.2) is 34.4 Å². The molecule has 0 N–H and O–H groups in total. The Kier molecular flexibility index (Phi) is 5.99. The van der Waals surface area contributed by atoms with Crippen LogP contribution in [0.1, 0.15) is 16.7 Å². The Hall–Kier alpha value is -2.87. The first-order valence-corrected chi connectivity index (χ1v) is 8.91. The topological polar surface area (TPSA) is 89.3 Å². The molecule has 1 amide bonds. The SMILES string of the molecule is COc1ncc(/C2=N/C(N=C=S)C(=O)N(C)Cc3ccc(Cl)cc32)c(OC)n1. The number of aliphatic imine (C=N–C) groups is 2. The second-order valence-corrected chi connectivity index (χ2v) is 6.47. The largest absolute Gasteiger partial charge is 0.480 e. The van der Waals surface area contributed by atoms with Crippen molar-refractivity contribution in [2.45, 2.75) is 12.7 Å². The number of nitrogens with zero attached hydrogens (tertiary/aromatic N) is 5. The van der Waals surface area contributed by atoms with Crippen LogP contribution in [0.5, 0.6) is 11.9 Å². The predicted molar refractivity (Wildman–Crippen MR) is 108 cm³/mol. The summed E-state index contributed by atoms with van der Waals surface area (Å²) in [6.07, 6.45) is 0.429. The Labute approximate surface area is 171 Å². The highest BCUT2D eigenvalue weighted by Crippen LogP contribution is 2.28. The fourth-order valence-electron chi connectivity index (χ4n) is 2.80. The zero-order valence-corrected chi connectivity index (χ0v) is 16.9. The number of aromatic nitrogens is 2. The number of methoxy groups -OCH3 is 2. The maximum atomic E-state index is 12.7. The van der Waals surface area contributed by atoms with Gasteiger partial charge in [0.05, 0.1) is 30.7 Å². The van der Waals surface area contributed by atoms with E-state index in [9.17, 15) is 4.79 Å². The Bertz CT molecular complexity index is 1010. The summed E-state index contributed by atoms with van der Waals surface area (Å²) in [7, 11) is 4.60. The summed E-state index contributed by atoms with van der Waals surface area (Å²) in [6, 6.07) is 5.51. The van der Waals surface area contributed by atoms with E-state index in [0.717, 1.165) is 5.56 Å². The Morgan fingerprint density at radius 2 is 2.11 bits per heavy atom. The lowest BCUT2D eigenvalue weighted by atomic mass is 9.97. The molecule has 0 bridgehead atoms. The number of fused-ring (bicyclic) bond motifs is 1. The van der Waals surface area contributed by atoms with Gasteiger partial charge >= 0.3 is 6.01 Å². The number of ether oxygens (including phenoxy) is 2. The molecule has 1 aliphatic rings. The molecule has 28 heavy (non-hydrogen) atoms. The van der Waals surface area contributed by atoms with E-state index in [2.05, 4.69) is 25.1 Å². The number of carbonyl (C=O) groups excluding carboxylic acids is 1. The molecule has 0 aliphatic carbocycles. The second-order valence-electron chi connectivity index (χ2n) is 5.85. The number of hydrogen-bond acceptors (Lipinski definition) is 8. The van der Waals surface area contributed by atoms with Gasteiger partial charge in [0, 0.05) is 30.4 Å². The molecule has 1 aliphatic heterocycles. The van der Waals surface area contributed by atoms with Crippen LogP contribution in [0.4, 0.5) is 0 Å². The molecule has 144 valence electrons. The van der Waals surface area contributed by atoms with E-state index in [1.165, 1.54) is 25.3 Å². The molecule has 0 radical (unpaired) electrons. The third-order valence-corrected chi connectivity index (χ3v) is 4.46. The number of amides is 1. The fraction of sp³-hybridized carbons (Fsp3) is 0.278. The van der Waals surface area contributed by atoms with Crippen LogP contribution in [-0.4, -0.2) is 59.1 Å². The van der Waals surface area contributed by atoms with Crippen molar-refractivity contribution in [3.8, 4) is 11.9 Å². The van der Waals surface area contributed by atoms with Crippen LogP contribution < -0.4 is 9.47 Å². The van der Waals surface area contributed by atoms with Gasteiger partial charge in [0.25, 0.3) is 5.91 Å². The van der Waals surface area contributed by atoms with Gasteiger partial charge in [0.2, 0.25) is 12.0 Å². The molecule has 1 atom stereocenters. The minimum atomic E-state index is -1.09. The molecule has 2 aromatic rings. The van der Waals surface area contributed by atoms with E-state index < -0.39 is 6.17 Å². The van der Waals surface area contributed by atoms with Crippen molar-refractivity contribution in [1.82, 2.24) is 14.9 Å². The van der Waals surface area contributed by atoms with Gasteiger partial charge in [-0.3, -0.25) is 4.79 Å². The molecule has 2 heterocycles. The quantitative estimate of drug-likeness (QED) is 0.560. The highest BCUT2D eigenvalue weighted by molar-refractivity contribution is 7.78. The zero-order valence-electron chi connectivity index (χ0n) is 15.3. The molecule has 1 aromatic carbocycles. The van der Waals surface area contributed by atoms with Crippen molar-refractivity contribution in [2.75, 3.05) is 21.3 Å². The molecule has 1 unspecified atom stereocenters. The first-order chi connectivity index (χ1) is 13.5. The maximum Gasteiger partial charge on any atom is 0.319 e. The van der Waals surface area contributed by atoms with Crippen LogP contribution in [0.25, 0.3) is 0 Å². The number of likely N-dealkylation sites (N-methyl/N-ethyl adjacent to an activating group) is 1. The number of thiocarbonyl (C=S) groups is 1. The summed E-state index contributed by atoms with van der Waals surface area (Å²) in [4.78, 5) is 31.1. The molecular formula is C18H16ClN5O3S. The maximum absolute atomic E-state index is 12.7. The Balaban J connectivity index is 2.31. The average molecular weight is 418 g/mol. The third-order valence-electron chi connectivity index (χ3n) is 4.12. The summed E-state index contributed by atoms with van der Waals surface area (Å²) >= 11 is 10.9. The molecule has 8 nitrogen and oxygen atoms in total. The molecule has 10 heteroatoms. The van der Waals surface area contributed by atoms with Crippen molar-refractivity contribution >= 4 is 40.6 Å². The van der Waals surface area contributed by atoms with Crippen LogP contribution in [0.2, 0.25) is 5.02 Å². The molecule has 0 fully saturated rings. The molecule has 3 rings (SSSR count). The van der Waals surface area contributed by atoms with Gasteiger partial charge < -0.3 is 14.4 Å². The van der Waals surface area contributed by atoms with Crippen LogP contribution in [-0.2, 0) is 11.3 Å². The van der Waals surface area contributed by atoms with Crippen LogP contribution >= 0.6 is 23.8 Å². The third kappa shape index (κ3) is 3.87. The normalized spacial score (nSPS) is 18.1. The minimum absolute atomic E-state index is 0.141. The number of isothiocyanates is 1. The van der Waals surface area contributed by atoms with E-state index >= 15 is 0 Å². The van der Waals surface area contributed by atoms with Gasteiger partial charge in [-0.25, -0.2) is 9.98 Å². The first-order valence-electron chi connectivity index (χ1n) is 8.12. The van der Waals surface area contributed by atoms with Crippen LogP contribution in [0, 0.1) is 0 Å². The number of halogens is 1. The average Bonchev–Trinajstić information content (AvgIpc) is 2.70. The molecule has 0 spiro atoms. The summed E-state index contributed by atoms with van der Waals surface area (Å²) < 4.78 is 10.5.